The fourth-order valence-corrected chi connectivity index (χ4v) is 2.07. The van der Waals surface area contributed by atoms with E-state index in [4.69, 9.17) is 9.47 Å². The lowest BCUT2D eigenvalue weighted by molar-refractivity contribution is 0.0575. The van der Waals surface area contributed by atoms with Crippen molar-refractivity contribution in [1.29, 1.82) is 0 Å². The molecule has 2 N–H and O–H groups in total. The summed E-state index contributed by atoms with van der Waals surface area (Å²) >= 11 is 0. The van der Waals surface area contributed by atoms with Gasteiger partial charge in [-0.2, -0.15) is 0 Å². The van der Waals surface area contributed by atoms with Crippen molar-refractivity contribution in [1.82, 2.24) is 4.98 Å². The van der Waals surface area contributed by atoms with Gasteiger partial charge in [0.15, 0.2) is 11.5 Å². The fraction of sp³-hybridized carbons (Fsp3) is 0.214. The first-order valence-corrected chi connectivity index (χ1v) is 6.08. The highest BCUT2D eigenvalue weighted by Gasteiger charge is 2.24. The SMILES string of the molecule is COC(=O)c1[nH]c2cc(OC)c(OC)cc2c(=O)c1C(=O)O. The van der Waals surface area contributed by atoms with E-state index in [9.17, 15) is 19.5 Å². The van der Waals surface area contributed by atoms with Crippen LogP contribution in [0.1, 0.15) is 20.8 Å². The van der Waals surface area contributed by atoms with Crippen molar-refractivity contribution in [3.8, 4) is 11.5 Å². The molecule has 2 aromatic rings. The number of carbonyl (C=O) groups excluding carboxylic acids is 1. The molecule has 8 heteroatoms. The summed E-state index contributed by atoms with van der Waals surface area (Å²) < 4.78 is 14.7. The molecule has 0 amide bonds. The van der Waals surface area contributed by atoms with Gasteiger partial charge in [-0.15, -0.1) is 0 Å². The summed E-state index contributed by atoms with van der Waals surface area (Å²) in [6.07, 6.45) is 0. The minimum absolute atomic E-state index is 0.0581. The van der Waals surface area contributed by atoms with Crippen molar-refractivity contribution in [2.45, 2.75) is 0 Å². The number of pyridine rings is 1. The Bertz CT molecular complexity index is 822. The normalized spacial score (nSPS) is 10.3. The lowest BCUT2D eigenvalue weighted by Crippen LogP contribution is -2.23. The summed E-state index contributed by atoms with van der Waals surface area (Å²) in [7, 11) is 3.89. The van der Waals surface area contributed by atoms with E-state index in [0.717, 1.165) is 7.11 Å². The number of hydrogen-bond donors (Lipinski definition) is 2. The Hall–Kier alpha value is -3.03. The molecule has 0 aliphatic carbocycles. The summed E-state index contributed by atoms with van der Waals surface area (Å²) in [6.45, 7) is 0. The van der Waals surface area contributed by atoms with Crippen LogP contribution in [-0.2, 0) is 4.74 Å². The van der Waals surface area contributed by atoms with E-state index in [0.29, 0.717) is 5.75 Å². The zero-order valence-corrected chi connectivity index (χ0v) is 12.1. The molecule has 0 aliphatic heterocycles. The first-order chi connectivity index (χ1) is 10.4. The summed E-state index contributed by atoms with van der Waals surface area (Å²) in [6, 6.07) is 2.79. The molecule has 0 bridgehead atoms. The number of nitrogens with one attached hydrogen (secondary N) is 1. The zero-order valence-electron chi connectivity index (χ0n) is 12.1. The standard InChI is InChI=1S/C14H13NO7/c1-20-8-4-6-7(5-9(8)21-2)15-11(14(19)22-3)10(12(6)16)13(17)18/h4-5H,1-3H3,(H,15,16)(H,17,18). The average molecular weight is 307 g/mol. The summed E-state index contributed by atoms with van der Waals surface area (Å²) in [5.41, 5.74) is -1.71. The number of carboxylic acid groups (broad SMARTS) is 1. The summed E-state index contributed by atoms with van der Waals surface area (Å²) in [5.74, 6) is -1.89. The summed E-state index contributed by atoms with van der Waals surface area (Å²) in [4.78, 5) is 38.0. The Morgan fingerprint density at radius 3 is 2.18 bits per heavy atom. The van der Waals surface area contributed by atoms with Gasteiger partial charge in [0.25, 0.3) is 0 Å². The maximum Gasteiger partial charge on any atom is 0.355 e. The van der Waals surface area contributed by atoms with Crippen LogP contribution in [0.2, 0.25) is 0 Å². The number of fused-ring (bicyclic) bond motifs is 1. The van der Waals surface area contributed by atoms with Crippen molar-refractivity contribution >= 4 is 22.8 Å². The lowest BCUT2D eigenvalue weighted by atomic mass is 10.1. The van der Waals surface area contributed by atoms with E-state index in [1.165, 1.54) is 26.4 Å². The van der Waals surface area contributed by atoms with Crippen LogP contribution in [0.3, 0.4) is 0 Å². The molecule has 116 valence electrons. The second kappa shape index (κ2) is 5.76. The van der Waals surface area contributed by atoms with Crippen molar-refractivity contribution < 1.29 is 28.9 Å². The highest BCUT2D eigenvalue weighted by atomic mass is 16.5. The van der Waals surface area contributed by atoms with E-state index in [-0.39, 0.29) is 16.7 Å². The topological polar surface area (TPSA) is 115 Å². The molecular formula is C14H13NO7. The van der Waals surface area contributed by atoms with Crippen LogP contribution >= 0.6 is 0 Å². The van der Waals surface area contributed by atoms with Crippen molar-refractivity contribution in [2.24, 2.45) is 0 Å². The van der Waals surface area contributed by atoms with Crippen LogP contribution in [0, 0.1) is 0 Å². The van der Waals surface area contributed by atoms with Crippen LogP contribution < -0.4 is 14.9 Å². The molecule has 1 aromatic carbocycles. The first kappa shape index (κ1) is 15.4. The highest BCUT2D eigenvalue weighted by Crippen LogP contribution is 2.30. The molecule has 22 heavy (non-hydrogen) atoms. The third-order valence-electron chi connectivity index (χ3n) is 3.11. The first-order valence-electron chi connectivity index (χ1n) is 6.08. The molecule has 0 atom stereocenters. The lowest BCUT2D eigenvalue weighted by Gasteiger charge is -2.11. The van der Waals surface area contributed by atoms with Gasteiger partial charge >= 0.3 is 11.9 Å². The molecule has 0 saturated heterocycles. The van der Waals surface area contributed by atoms with Gasteiger partial charge in [-0.1, -0.05) is 0 Å². The van der Waals surface area contributed by atoms with Gasteiger partial charge < -0.3 is 24.3 Å². The molecule has 8 nitrogen and oxygen atoms in total. The van der Waals surface area contributed by atoms with E-state index < -0.39 is 28.6 Å². The maximum absolute atomic E-state index is 12.4. The number of aromatic carboxylic acids is 1. The van der Waals surface area contributed by atoms with E-state index in [2.05, 4.69) is 9.72 Å². The number of carboxylic acids is 1. The zero-order chi connectivity index (χ0) is 16.4. The number of rotatable bonds is 4. The van der Waals surface area contributed by atoms with Gasteiger partial charge in [0.1, 0.15) is 11.3 Å². The number of methoxy groups -OCH3 is 3. The maximum atomic E-state index is 12.4. The fourth-order valence-electron chi connectivity index (χ4n) is 2.07. The van der Waals surface area contributed by atoms with Gasteiger partial charge in [0, 0.05) is 6.07 Å². The third kappa shape index (κ3) is 2.34. The molecule has 1 aromatic heterocycles. The van der Waals surface area contributed by atoms with Gasteiger partial charge in [-0.25, -0.2) is 9.59 Å². The van der Waals surface area contributed by atoms with Gasteiger partial charge in [0.05, 0.1) is 32.2 Å². The van der Waals surface area contributed by atoms with Crippen LogP contribution in [0.15, 0.2) is 16.9 Å². The Labute approximate surface area is 124 Å². The average Bonchev–Trinajstić information content (AvgIpc) is 2.52. The second-order valence-electron chi connectivity index (χ2n) is 4.25. The van der Waals surface area contributed by atoms with Crippen LogP contribution in [0.5, 0.6) is 11.5 Å². The smallest absolute Gasteiger partial charge is 0.355 e. The molecule has 1 heterocycles. The summed E-state index contributed by atoms with van der Waals surface area (Å²) in [5, 5.41) is 9.25. The molecule has 0 aliphatic rings. The third-order valence-corrected chi connectivity index (χ3v) is 3.11. The van der Waals surface area contributed by atoms with Gasteiger partial charge in [-0.05, 0) is 6.07 Å². The van der Waals surface area contributed by atoms with Crippen LogP contribution in [-0.4, -0.2) is 43.4 Å². The van der Waals surface area contributed by atoms with Crippen LogP contribution in [0.25, 0.3) is 10.9 Å². The number of H-pyrrole nitrogens is 1. The van der Waals surface area contributed by atoms with Gasteiger partial charge in [-0.3, -0.25) is 4.79 Å². The number of aromatic nitrogens is 1. The molecule has 0 fully saturated rings. The number of aromatic amines is 1. The van der Waals surface area contributed by atoms with Crippen molar-refractivity contribution in [3.05, 3.63) is 33.6 Å². The predicted molar refractivity (Wildman–Crippen MR) is 76.0 cm³/mol. The Balaban J connectivity index is 2.93. The number of carbonyl (C=O) groups is 2. The molecule has 0 unspecified atom stereocenters. The number of hydrogen-bond acceptors (Lipinski definition) is 6. The molecule has 2 rings (SSSR count). The monoisotopic (exact) mass is 307 g/mol. The van der Waals surface area contributed by atoms with Crippen molar-refractivity contribution in [3.63, 3.8) is 0 Å². The Morgan fingerprint density at radius 2 is 1.68 bits per heavy atom. The minimum atomic E-state index is -1.53. The van der Waals surface area contributed by atoms with Crippen molar-refractivity contribution in [2.75, 3.05) is 21.3 Å². The quantitative estimate of drug-likeness (QED) is 0.810. The largest absolute Gasteiger partial charge is 0.493 e. The number of ether oxygens (including phenoxy) is 3. The number of esters is 1. The van der Waals surface area contributed by atoms with Crippen LogP contribution in [0.4, 0.5) is 0 Å². The molecular weight excluding hydrogens is 294 g/mol. The van der Waals surface area contributed by atoms with E-state index in [1.807, 2.05) is 0 Å². The molecule has 0 spiro atoms. The Morgan fingerprint density at radius 1 is 1.09 bits per heavy atom. The second-order valence-corrected chi connectivity index (χ2v) is 4.25. The predicted octanol–water partition coefficient (Wildman–Crippen LogP) is 1.03. The van der Waals surface area contributed by atoms with Gasteiger partial charge in [0.2, 0.25) is 5.43 Å². The molecule has 0 radical (unpaired) electrons. The molecule has 0 saturated carbocycles. The highest BCUT2D eigenvalue weighted by molar-refractivity contribution is 6.04. The Kier molecular flexibility index (Phi) is 4.02. The van der Waals surface area contributed by atoms with E-state index in [1.54, 1.807) is 0 Å². The minimum Gasteiger partial charge on any atom is -0.493 e. The number of benzene rings is 1. The van der Waals surface area contributed by atoms with E-state index >= 15 is 0 Å².